The minimum Gasteiger partial charge on any atom is -0.449 e. The van der Waals surface area contributed by atoms with Crippen molar-refractivity contribution in [3.63, 3.8) is 0 Å². The number of rotatable bonds is 7. The van der Waals surface area contributed by atoms with E-state index < -0.39 is 12.1 Å². The van der Waals surface area contributed by atoms with Crippen LogP contribution < -0.4 is 5.32 Å². The van der Waals surface area contributed by atoms with Crippen LogP contribution in [-0.4, -0.2) is 34.3 Å². The molecule has 1 atom stereocenters. The molecule has 27 heavy (non-hydrogen) atoms. The summed E-state index contributed by atoms with van der Waals surface area (Å²) in [7, 11) is 0. The Morgan fingerprint density at radius 3 is 2.70 bits per heavy atom. The van der Waals surface area contributed by atoms with Gasteiger partial charge in [-0.25, -0.2) is 4.79 Å². The predicted molar refractivity (Wildman–Crippen MR) is 106 cm³/mol. The number of ether oxygens (including phenoxy) is 1. The second-order valence-electron chi connectivity index (χ2n) is 6.14. The van der Waals surface area contributed by atoms with Crippen LogP contribution >= 0.6 is 11.6 Å². The second kappa shape index (κ2) is 9.37. The van der Waals surface area contributed by atoms with Gasteiger partial charge in [0.05, 0.1) is 12.2 Å². The van der Waals surface area contributed by atoms with Crippen molar-refractivity contribution in [2.45, 2.75) is 40.3 Å². The number of likely N-dealkylation sites (N-methyl/N-ethyl adjacent to an activating group) is 1. The normalized spacial score (nSPS) is 12.2. The van der Waals surface area contributed by atoms with Gasteiger partial charge in [-0.2, -0.15) is 5.10 Å². The summed E-state index contributed by atoms with van der Waals surface area (Å²) in [5, 5.41) is 7.82. The zero-order valence-corrected chi connectivity index (χ0v) is 16.7. The molecular formula is C20H24ClN3O3. The maximum absolute atomic E-state index is 12.0. The Labute approximate surface area is 164 Å². The number of carbonyl (C=O) groups excluding carboxylic acids is 2. The predicted octanol–water partition coefficient (Wildman–Crippen LogP) is 3.28. The van der Waals surface area contributed by atoms with Crippen molar-refractivity contribution in [1.82, 2.24) is 15.1 Å². The van der Waals surface area contributed by atoms with Crippen LogP contribution in [0.1, 0.15) is 36.4 Å². The Morgan fingerprint density at radius 1 is 1.33 bits per heavy atom. The van der Waals surface area contributed by atoms with Crippen LogP contribution in [0.15, 0.2) is 30.3 Å². The van der Waals surface area contributed by atoms with Crippen LogP contribution in [0.4, 0.5) is 0 Å². The van der Waals surface area contributed by atoms with Gasteiger partial charge in [-0.05, 0) is 45.4 Å². The minimum atomic E-state index is -0.841. The zero-order chi connectivity index (χ0) is 20.0. The summed E-state index contributed by atoms with van der Waals surface area (Å²) in [6, 6.07) is 7.61. The summed E-state index contributed by atoms with van der Waals surface area (Å²) in [6.07, 6.45) is 2.13. The van der Waals surface area contributed by atoms with Crippen molar-refractivity contribution in [3.05, 3.63) is 57.9 Å². The van der Waals surface area contributed by atoms with Crippen molar-refractivity contribution in [2.24, 2.45) is 0 Å². The van der Waals surface area contributed by atoms with E-state index in [9.17, 15) is 9.59 Å². The number of hydrogen-bond donors (Lipinski definition) is 1. The van der Waals surface area contributed by atoms with Crippen molar-refractivity contribution in [3.8, 4) is 0 Å². The summed E-state index contributed by atoms with van der Waals surface area (Å²) in [5.41, 5.74) is 3.51. The molecule has 144 valence electrons. The molecule has 0 saturated carbocycles. The lowest BCUT2D eigenvalue weighted by Crippen LogP contribution is -2.35. The molecule has 0 spiro atoms. The second-order valence-corrected chi connectivity index (χ2v) is 6.55. The average molecular weight is 390 g/mol. The fourth-order valence-corrected chi connectivity index (χ4v) is 2.83. The first-order chi connectivity index (χ1) is 12.8. The highest BCUT2D eigenvalue weighted by atomic mass is 35.5. The number of aromatic nitrogens is 2. The monoisotopic (exact) mass is 389 g/mol. The van der Waals surface area contributed by atoms with Crippen LogP contribution in [0.2, 0.25) is 5.02 Å². The van der Waals surface area contributed by atoms with Gasteiger partial charge in [-0.3, -0.25) is 9.48 Å². The maximum atomic E-state index is 12.0. The molecule has 6 nitrogen and oxygen atoms in total. The molecule has 0 aliphatic heterocycles. The number of amides is 1. The molecule has 0 saturated heterocycles. The van der Waals surface area contributed by atoms with Crippen LogP contribution in [0.5, 0.6) is 0 Å². The number of hydrogen-bond acceptors (Lipinski definition) is 4. The van der Waals surface area contributed by atoms with Crippen LogP contribution in [0.3, 0.4) is 0 Å². The summed E-state index contributed by atoms with van der Waals surface area (Å²) < 4.78 is 6.95. The number of carbonyl (C=O) groups is 2. The molecule has 1 aromatic carbocycles. The number of aryl methyl sites for hydroxylation is 1. The number of benzene rings is 1. The fourth-order valence-electron chi connectivity index (χ4n) is 2.63. The van der Waals surface area contributed by atoms with Crippen LogP contribution in [-0.2, 0) is 20.9 Å². The molecule has 2 aromatic rings. The topological polar surface area (TPSA) is 73.2 Å². The number of halogens is 1. The van der Waals surface area contributed by atoms with Gasteiger partial charge in [0.1, 0.15) is 0 Å². The van der Waals surface area contributed by atoms with Crippen LogP contribution in [0.25, 0.3) is 6.08 Å². The third kappa shape index (κ3) is 5.44. The van der Waals surface area contributed by atoms with Gasteiger partial charge < -0.3 is 10.1 Å². The number of nitrogens with one attached hydrogen (secondary N) is 1. The van der Waals surface area contributed by atoms with Gasteiger partial charge in [-0.1, -0.05) is 29.8 Å². The largest absolute Gasteiger partial charge is 0.449 e. The molecule has 0 radical (unpaired) electrons. The highest BCUT2D eigenvalue weighted by molar-refractivity contribution is 6.31. The van der Waals surface area contributed by atoms with Gasteiger partial charge in [0.2, 0.25) is 0 Å². The van der Waals surface area contributed by atoms with Gasteiger partial charge in [-0.15, -0.1) is 0 Å². The van der Waals surface area contributed by atoms with Gasteiger partial charge >= 0.3 is 5.97 Å². The van der Waals surface area contributed by atoms with Crippen molar-refractivity contribution >= 4 is 29.6 Å². The molecule has 0 aliphatic rings. The fraction of sp³-hybridized carbons (Fsp3) is 0.350. The third-order valence-corrected chi connectivity index (χ3v) is 4.48. The van der Waals surface area contributed by atoms with Crippen molar-refractivity contribution < 1.29 is 14.3 Å². The van der Waals surface area contributed by atoms with E-state index in [1.807, 2.05) is 42.8 Å². The van der Waals surface area contributed by atoms with E-state index in [1.54, 1.807) is 13.0 Å². The average Bonchev–Trinajstić information content (AvgIpc) is 2.88. The summed E-state index contributed by atoms with van der Waals surface area (Å²) in [5.74, 6) is -0.898. The summed E-state index contributed by atoms with van der Waals surface area (Å²) in [4.78, 5) is 23.6. The highest BCUT2D eigenvalue weighted by Gasteiger charge is 2.16. The van der Waals surface area contributed by atoms with Crippen molar-refractivity contribution in [2.75, 3.05) is 6.54 Å². The molecule has 0 bridgehead atoms. The smallest absolute Gasteiger partial charge is 0.331 e. The van der Waals surface area contributed by atoms with E-state index in [2.05, 4.69) is 10.4 Å². The van der Waals surface area contributed by atoms with E-state index in [1.165, 1.54) is 13.0 Å². The van der Waals surface area contributed by atoms with E-state index in [0.29, 0.717) is 18.1 Å². The lowest BCUT2D eigenvalue weighted by molar-refractivity contribution is -0.150. The lowest BCUT2D eigenvalue weighted by Gasteiger charge is -2.10. The van der Waals surface area contributed by atoms with E-state index in [0.717, 1.165) is 22.5 Å². The zero-order valence-electron chi connectivity index (χ0n) is 16.0. The first-order valence-corrected chi connectivity index (χ1v) is 9.15. The Bertz CT molecular complexity index is 858. The van der Waals surface area contributed by atoms with Crippen molar-refractivity contribution in [1.29, 1.82) is 0 Å². The first-order valence-electron chi connectivity index (χ1n) is 8.77. The molecule has 7 heteroatoms. The van der Waals surface area contributed by atoms with E-state index in [-0.39, 0.29) is 5.91 Å². The van der Waals surface area contributed by atoms with E-state index >= 15 is 0 Å². The standard InChI is InChI=1S/C20H24ClN3O3/c1-5-22-20(26)15(4)27-19(25)11-10-17-13(2)23-24(14(17)3)12-16-8-6-7-9-18(16)21/h6-11,15H,5,12H2,1-4H3,(H,22,26)/b11-10+/t15-/m0/s1. The third-order valence-electron chi connectivity index (χ3n) is 4.11. The Morgan fingerprint density at radius 2 is 2.04 bits per heavy atom. The lowest BCUT2D eigenvalue weighted by atomic mass is 10.1. The molecule has 1 N–H and O–H groups in total. The first kappa shape index (κ1) is 20.7. The Balaban J connectivity index is 2.10. The highest BCUT2D eigenvalue weighted by Crippen LogP contribution is 2.20. The van der Waals surface area contributed by atoms with Gasteiger partial charge in [0.15, 0.2) is 6.10 Å². The summed E-state index contributed by atoms with van der Waals surface area (Å²) in [6.45, 7) is 8.17. The summed E-state index contributed by atoms with van der Waals surface area (Å²) >= 11 is 6.22. The molecule has 0 aliphatic carbocycles. The molecule has 0 fully saturated rings. The minimum absolute atomic E-state index is 0.320. The molecule has 1 heterocycles. The van der Waals surface area contributed by atoms with E-state index in [4.69, 9.17) is 16.3 Å². The number of nitrogens with zero attached hydrogens (tertiary/aromatic N) is 2. The van der Waals surface area contributed by atoms with Gasteiger partial charge in [0.25, 0.3) is 5.91 Å². The molecule has 2 rings (SSSR count). The Kier molecular flexibility index (Phi) is 7.19. The van der Waals surface area contributed by atoms with Gasteiger partial charge in [0, 0.05) is 28.9 Å². The number of esters is 1. The molecule has 1 aromatic heterocycles. The molecule has 1 amide bonds. The quantitative estimate of drug-likeness (QED) is 0.582. The molecular weight excluding hydrogens is 366 g/mol. The SMILES string of the molecule is CCNC(=O)[C@H](C)OC(=O)/C=C/c1c(C)nn(Cc2ccccc2Cl)c1C. The van der Waals surface area contributed by atoms with Crippen LogP contribution in [0, 0.1) is 13.8 Å². The Hall–Kier alpha value is -2.60. The molecule has 0 unspecified atom stereocenters. The maximum Gasteiger partial charge on any atom is 0.331 e.